The Morgan fingerprint density at radius 2 is 2.15 bits per heavy atom. The third-order valence-corrected chi connectivity index (χ3v) is 2.31. The summed E-state index contributed by atoms with van der Waals surface area (Å²) in [6, 6.07) is 5.87. The van der Waals surface area contributed by atoms with Crippen molar-refractivity contribution in [1.82, 2.24) is 5.32 Å². The fraction of sp³-hybridized carbons (Fsp3) is 0.400. The van der Waals surface area contributed by atoms with Gasteiger partial charge in [-0.1, -0.05) is 18.2 Å². The van der Waals surface area contributed by atoms with Crippen molar-refractivity contribution in [3.05, 3.63) is 34.9 Å². The lowest BCUT2D eigenvalue weighted by Crippen LogP contribution is -2.23. The molecule has 72 valence electrons. The lowest BCUT2D eigenvalue weighted by atomic mass is 9.99. The molecule has 0 amide bonds. The zero-order valence-corrected chi connectivity index (χ0v) is 8.16. The van der Waals surface area contributed by atoms with E-state index in [2.05, 4.69) is 5.32 Å². The molecule has 0 saturated heterocycles. The first-order chi connectivity index (χ1) is 5.90. The number of halogens is 2. The second kappa shape index (κ2) is 4.58. The molecule has 1 N–H and O–H groups in total. The van der Waals surface area contributed by atoms with Crippen molar-refractivity contribution < 1.29 is 4.39 Å². The van der Waals surface area contributed by atoms with Crippen molar-refractivity contribution in [2.24, 2.45) is 0 Å². The first-order valence-electron chi connectivity index (χ1n) is 4.27. The molecule has 13 heavy (non-hydrogen) atoms. The Balaban J connectivity index is 0.000000845. The molecular weight excluding hydrogens is 189 g/mol. The molecule has 1 nitrogen and oxygen atoms in total. The number of fused-ring (bicyclic) bond motifs is 1. The van der Waals surface area contributed by atoms with Crippen LogP contribution in [0.5, 0.6) is 0 Å². The quantitative estimate of drug-likeness (QED) is 0.735. The number of hydrogen-bond donors (Lipinski definition) is 1. The summed E-state index contributed by atoms with van der Waals surface area (Å²) in [6.07, 6.45) is 1.03. The number of alkyl halides is 1. The predicted octanol–water partition coefficient (Wildman–Crippen LogP) is 2.22. The monoisotopic (exact) mass is 201 g/mol. The van der Waals surface area contributed by atoms with Gasteiger partial charge in [0.25, 0.3) is 0 Å². The van der Waals surface area contributed by atoms with Gasteiger partial charge >= 0.3 is 0 Å². The third-order valence-electron chi connectivity index (χ3n) is 2.31. The minimum atomic E-state index is -0.347. The highest BCUT2D eigenvalue weighted by Gasteiger charge is 2.07. The van der Waals surface area contributed by atoms with Crippen LogP contribution in [0.25, 0.3) is 0 Å². The Hall–Kier alpha value is -0.600. The van der Waals surface area contributed by atoms with Crippen molar-refractivity contribution in [2.45, 2.75) is 19.6 Å². The topological polar surface area (TPSA) is 12.0 Å². The van der Waals surface area contributed by atoms with Gasteiger partial charge in [0.1, 0.15) is 6.67 Å². The van der Waals surface area contributed by atoms with Gasteiger partial charge in [0.2, 0.25) is 0 Å². The van der Waals surface area contributed by atoms with E-state index in [1.165, 1.54) is 11.1 Å². The number of nitrogens with one attached hydrogen (secondary N) is 1. The van der Waals surface area contributed by atoms with E-state index in [1.54, 1.807) is 0 Å². The maximum atomic E-state index is 12.3. The molecule has 0 unspecified atom stereocenters. The summed E-state index contributed by atoms with van der Waals surface area (Å²) in [6.45, 7) is 1.60. The molecule has 0 fully saturated rings. The maximum absolute atomic E-state index is 12.3. The molecule has 0 saturated carbocycles. The van der Waals surface area contributed by atoms with Gasteiger partial charge in [-0.3, -0.25) is 0 Å². The van der Waals surface area contributed by atoms with Gasteiger partial charge in [-0.25, -0.2) is 4.39 Å². The van der Waals surface area contributed by atoms with Crippen molar-refractivity contribution in [2.75, 3.05) is 6.54 Å². The number of hydrogen-bond acceptors (Lipinski definition) is 1. The van der Waals surface area contributed by atoms with Gasteiger partial charge in [-0.15, -0.1) is 12.4 Å². The van der Waals surface area contributed by atoms with Crippen molar-refractivity contribution in [1.29, 1.82) is 0 Å². The minimum absolute atomic E-state index is 0. The van der Waals surface area contributed by atoms with E-state index in [4.69, 9.17) is 0 Å². The van der Waals surface area contributed by atoms with Gasteiger partial charge in [-0.05, 0) is 29.7 Å². The average Bonchev–Trinajstić information content (AvgIpc) is 2.17. The molecule has 1 aromatic rings. The van der Waals surface area contributed by atoms with E-state index in [9.17, 15) is 4.39 Å². The van der Waals surface area contributed by atoms with Crippen LogP contribution in [-0.4, -0.2) is 6.54 Å². The summed E-state index contributed by atoms with van der Waals surface area (Å²) in [4.78, 5) is 0. The summed E-state index contributed by atoms with van der Waals surface area (Å²) in [5.41, 5.74) is 3.43. The van der Waals surface area contributed by atoms with E-state index >= 15 is 0 Å². The smallest absolute Gasteiger partial charge is 0.115 e. The standard InChI is InChI=1S/C10H12FN.ClH/c11-6-8-1-2-10-7-12-4-3-9(10)5-8;/h1-2,5,12H,3-4,6-7H2;1H. The molecule has 0 spiro atoms. The third kappa shape index (κ3) is 2.20. The molecule has 1 heterocycles. The Bertz CT molecular complexity index is 288. The Kier molecular flexibility index (Phi) is 3.70. The number of rotatable bonds is 1. The second-order valence-electron chi connectivity index (χ2n) is 3.16. The SMILES string of the molecule is Cl.FCc1ccc2c(c1)CCNC2. The Morgan fingerprint density at radius 1 is 1.31 bits per heavy atom. The molecule has 2 rings (SSSR count). The van der Waals surface area contributed by atoms with Crippen LogP contribution in [0, 0.1) is 0 Å². The largest absolute Gasteiger partial charge is 0.312 e. The highest BCUT2D eigenvalue weighted by molar-refractivity contribution is 5.85. The second-order valence-corrected chi connectivity index (χ2v) is 3.16. The molecule has 0 aromatic heterocycles. The average molecular weight is 202 g/mol. The van der Waals surface area contributed by atoms with E-state index in [0.717, 1.165) is 25.1 Å². The van der Waals surface area contributed by atoms with E-state index in [0.29, 0.717) is 0 Å². The summed E-state index contributed by atoms with van der Waals surface area (Å²) in [5, 5.41) is 3.28. The summed E-state index contributed by atoms with van der Waals surface area (Å²) in [5.74, 6) is 0. The summed E-state index contributed by atoms with van der Waals surface area (Å²) < 4.78 is 12.3. The summed E-state index contributed by atoms with van der Waals surface area (Å²) >= 11 is 0. The molecule has 1 aliphatic rings. The molecule has 3 heteroatoms. The highest BCUT2D eigenvalue weighted by Crippen LogP contribution is 2.16. The molecule has 0 atom stereocenters. The first kappa shape index (κ1) is 10.5. The molecule has 0 bridgehead atoms. The van der Waals surface area contributed by atoms with Gasteiger partial charge in [0, 0.05) is 6.54 Å². The van der Waals surface area contributed by atoms with Crippen molar-refractivity contribution in [3.63, 3.8) is 0 Å². The van der Waals surface area contributed by atoms with E-state index in [1.807, 2.05) is 18.2 Å². The van der Waals surface area contributed by atoms with Crippen LogP contribution in [0.4, 0.5) is 4.39 Å². The van der Waals surface area contributed by atoms with Crippen molar-refractivity contribution in [3.8, 4) is 0 Å². The minimum Gasteiger partial charge on any atom is -0.312 e. The van der Waals surface area contributed by atoms with Crippen LogP contribution < -0.4 is 5.32 Å². The fourth-order valence-corrected chi connectivity index (χ4v) is 1.61. The fourth-order valence-electron chi connectivity index (χ4n) is 1.61. The van der Waals surface area contributed by atoms with Crippen LogP contribution in [0.15, 0.2) is 18.2 Å². The van der Waals surface area contributed by atoms with Gasteiger partial charge in [-0.2, -0.15) is 0 Å². The number of benzene rings is 1. The van der Waals surface area contributed by atoms with Crippen LogP contribution in [-0.2, 0) is 19.6 Å². The van der Waals surface area contributed by atoms with Crippen LogP contribution in [0.2, 0.25) is 0 Å². The van der Waals surface area contributed by atoms with E-state index in [-0.39, 0.29) is 19.1 Å². The van der Waals surface area contributed by atoms with Crippen LogP contribution in [0.1, 0.15) is 16.7 Å². The molecule has 1 aliphatic heterocycles. The first-order valence-corrected chi connectivity index (χ1v) is 4.27. The Morgan fingerprint density at radius 3 is 2.92 bits per heavy atom. The van der Waals surface area contributed by atoms with E-state index < -0.39 is 0 Å². The Labute approximate surface area is 83.8 Å². The zero-order chi connectivity index (χ0) is 8.39. The molecule has 0 radical (unpaired) electrons. The van der Waals surface area contributed by atoms with Gasteiger partial charge in [0.15, 0.2) is 0 Å². The lowest BCUT2D eigenvalue weighted by molar-refractivity contribution is 0.484. The maximum Gasteiger partial charge on any atom is 0.115 e. The van der Waals surface area contributed by atoms with Crippen LogP contribution >= 0.6 is 12.4 Å². The summed E-state index contributed by atoms with van der Waals surface area (Å²) in [7, 11) is 0. The normalized spacial score (nSPS) is 14.5. The molecule has 1 aromatic carbocycles. The highest BCUT2D eigenvalue weighted by atomic mass is 35.5. The van der Waals surface area contributed by atoms with Crippen molar-refractivity contribution >= 4 is 12.4 Å². The van der Waals surface area contributed by atoms with Gasteiger partial charge in [0.05, 0.1) is 0 Å². The van der Waals surface area contributed by atoms with Crippen LogP contribution in [0.3, 0.4) is 0 Å². The predicted molar refractivity (Wildman–Crippen MR) is 53.9 cm³/mol. The molecular formula is C10H13ClFN. The van der Waals surface area contributed by atoms with Gasteiger partial charge < -0.3 is 5.32 Å². The zero-order valence-electron chi connectivity index (χ0n) is 7.35. The lowest BCUT2D eigenvalue weighted by Gasteiger charge is -2.17. The molecule has 0 aliphatic carbocycles.